The summed E-state index contributed by atoms with van der Waals surface area (Å²) in [5.41, 5.74) is 15.2. The van der Waals surface area contributed by atoms with Crippen LogP contribution in [0.4, 0.5) is 31.5 Å². The van der Waals surface area contributed by atoms with Crippen LogP contribution in [-0.2, 0) is 16.2 Å². The van der Waals surface area contributed by atoms with E-state index in [2.05, 4.69) is 204 Å². The van der Waals surface area contributed by atoms with E-state index in [1.165, 1.54) is 41.0 Å². The topological polar surface area (TPSA) is 33.5 Å². The minimum Gasteiger partial charge on any atom is -0.457 e. The predicted octanol–water partition coefficient (Wildman–Crippen LogP) is 18.4. The number of hydrogen-bond acceptors (Lipinski definition) is 4. The second-order valence-electron chi connectivity index (χ2n) is 22.5. The van der Waals surface area contributed by atoms with Gasteiger partial charge in [-0.2, -0.15) is 0 Å². The SMILES string of the molecule is CC(C)(C)c1cc(-c2cc(Oc3ccc4c5ccccc5n(-c5cc(C(C)(C)C)ccn5)c4c3)cc(N3CN(c4c(-c5ccc(F)cc5)cccc4-c4ccc(F)cc4)c4ccccc43)c2)cc(C(C)(C)C)c1. The highest BCUT2D eigenvalue weighted by Crippen LogP contribution is 2.51. The van der Waals surface area contributed by atoms with Crippen LogP contribution >= 0.6 is 0 Å². The van der Waals surface area contributed by atoms with Crippen molar-refractivity contribution >= 4 is 44.6 Å². The first-order chi connectivity index (χ1) is 34.9. The largest absolute Gasteiger partial charge is 0.457 e. The van der Waals surface area contributed by atoms with Crippen LogP contribution < -0.4 is 14.5 Å². The molecule has 0 fully saturated rings. The summed E-state index contributed by atoms with van der Waals surface area (Å²) in [5, 5.41) is 2.26. The maximum Gasteiger partial charge on any atom is 0.137 e. The summed E-state index contributed by atoms with van der Waals surface area (Å²) in [6.45, 7) is 20.8. The van der Waals surface area contributed by atoms with Crippen LogP contribution in [0, 0.1) is 11.6 Å². The Morgan fingerprint density at radius 1 is 0.438 bits per heavy atom. The highest BCUT2D eigenvalue weighted by atomic mass is 19.1. The van der Waals surface area contributed by atoms with Gasteiger partial charge < -0.3 is 14.5 Å². The van der Waals surface area contributed by atoms with Crippen molar-refractivity contribution < 1.29 is 13.5 Å². The second kappa shape index (κ2) is 17.9. The molecular weight excluding hydrogens is 903 g/mol. The van der Waals surface area contributed by atoms with E-state index in [1.807, 2.05) is 36.5 Å². The third-order valence-electron chi connectivity index (χ3n) is 14.3. The molecule has 364 valence electrons. The minimum atomic E-state index is -0.302. The lowest BCUT2D eigenvalue weighted by Gasteiger charge is -2.28. The van der Waals surface area contributed by atoms with Crippen molar-refractivity contribution in [1.29, 1.82) is 0 Å². The van der Waals surface area contributed by atoms with Gasteiger partial charge in [-0.25, -0.2) is 13.8 Å². The van der Waals surface area contributed by atoms with Crippen LogP contribution in [0.15, 0.2) is 188 Å². The molecule has 11 rings (SSSR count). The fourth-order valence-electron chi connectivity index (χ4n) is 10.2. The maximum absolute atomic E-state index is 14.5. The number of rotatable bonds is 8. The van der Waals surface area contributed by atoms with Gasteiger partial charge in [-0.3, -0.25) is 4.57 Å². The zero-order valence-electron chi connectivity index (χ0n) is 43.1. The van der Waals surface area contributed by atoms with Gasteiger partial charge in [0.25, 0.3) is 0 Å². The summed E-state index contributed by atoms with van der Waals surface area (Å²) in [7, 11) is 0. The molecule has 5 nitrogen and oxygen atoms in total. The van der Waals surface area contributed by atoms with Gasteiger partial charge in [-0.1, -0.05) is 153 Å². The molecule has 7 heteroatoms. The van der Waals surface area contributed by atoms with Gasteiger partial charge >= 0.3 is 0 Å². The monoisotopic (exact) mass is 962 g/mol. The van der Waals surface area contributed by atoms with Crippen LogP contribution in [0.25, 0.3) is 61.0 Å². The Labute approximate surface area is 428 Å². The molecule has 0 N–H and O–H groups in total. The quantitative estimate of drug-likeness (QED) is 0.152. The molecule has 8 aromatic carbocycles. The zero-order chi connectivity index (χ0) is 51.0. The number of hydrogen-bond donors (Lipinski definition) is 0. The Bertz CT molecular complexity index is 3630. The molecule has 10 aromatic rings. The van der Waals surface area contributed by atoms with Crippen molar-refractivity contribution in [2.24, 2.45) is 0 Å². The van der Waals surface area contributed by atoms with E-state index in [9.17, 15) is 8.78 Å². The fourth-order valence-corrected chi connectivity index (χ4v) is 10.2. The first kappa shape index (κ1) is 47.3. The van der Waals surface area contributed by atoms with Crippen molar-refractivity contribution in [3.05, 3.63) is 217 Å². The first-order valence-corrected chi connectivity index (χ1v) is 25.2. The zero-order valence-corrected chi connectivity index (χ0v) is 43.1. The van der Waals surface area contributed by atoms with Crippen molar-refractivity contribution in [3.8, 4) is 50.7 Å². The Hall–Kier alpha value is -8.03. The Kier molecular flexibility index (Phi) is 11.6. The van der Waals surface area contributed by atoms with Crippen LogP contribution in [0.3, 0.4) is 0 Å². The maximum atomic E-state index is 14.5. The smallest absolute Gasteiger partial charge is 0.137 e. The summed E-state index contributed by atoms with van der Waals surface area (Å²) in [6, 6.07) is 60.7. The molecule has 1 aliphatic heterocycles. The van der Waals surface area contributed by atoms with Crippen LogP contribution in [0.1, 0.15) is 79.0 Å². The van der Waals surface area contributed by atoms with Crippen molar-refractivity contribution in [2.75, 3.05) is 16.5 Å². The summed E-state index contributed by atoms with van der Waals surface area (Å²) in [6.07, 6.45) is 1.91. The Morgan fingerprint density at radius 3 is 1.62 bits per heavy atom. The number of benzene rings is 8. The average Bonchev–Trinajstić information content (AvgIpc) is 3.92. The second-order valence-corrected chi connectivity index (χ2v) is 22.5. The summed E-state index contributed by atoms with van der Waals surface area (Å²) in [4.78, 5) is 9.61. The van der Waals surface area contributed by atoms with Crippen molar-refractivity contribution in [3.63, 3.8) is 0 Å². The number of anilines is 4. The van der Waals surface area contributed by atoms with Gasteiger partial charge in [0.2, 0.25) is 0 Å². The van der Waals surface area contributed by atoms with Crippen molar-refractivity contribution in [2.45, 2.75) is 78.6 Å². The third kappa shape index (κ3) is 9.03. The molecule has 0 radical (unpaired) electrons. The van der Waals surface area contributed by atoms with E-state index >= 15 is 0 Å². The van der Waals surface area contributed by atoms with Gasteiger partial charge in [0.05, 0.1) is 28.1 Å². The number of para-hydroxylation sites is 4. The number of nitrogens with zero attached hydrogens (tertiary/aromatic N) is 4. The highest BCUT2D eigenvalue weighted by Gasteiger charge is 2.32. The molecule has 0 spiro atoms. The van der Waals surface area contributed by atoms with Crippen LogP contribution in [-0.4, -0.2) is 16.2 Å². The summed E-state index contributed by atoms with van der Waals surface area (Å²) in [5.74, 6) is 1.64. The van der Waals surface area contributed by atoms with Gasteiger partial charge in [-0.05, 0) is 134 Å². The molecule has 0 unspecified atom stereocenters. The van der Waals surface area contributed by atoms with Crippen LogP contribution in [0.5, 0.6) is 11.5 Å². The van der Waals surface area contributed by atoms with E-state index in [4.69, 9.17) is 9.72 Å². The number of halogens is 2. The molecule has 0 aliphatic carbocycles. The molecule has 2 aromatic heterocycles. The lowest BCUT2D eigenvalue weighted by molar-refractivity contribution is 0.483. The molecule has 0 saturated heterocycles. The van der Waals surface area contributed by atoms with E-state index in [0.717, 1.165) is 83.8 Å². The summed E-state index contributed by atoms with van der Waals surface area (Å²) < 4.78 is 38.4. The van der Waals surface area contributed by atoms with E-state index in [1.54, 1.807) is 0 Å². The molecular formula is C66H60F2N4O. The lowest BCUT2D eigenvalue weighted by atomic mass is 9.79. The molecule has 0 saturated carbocycles. The van der Waals surface area contributed by atoms with E-state index in [-0.39, 0.29) is 27.9 Å². The molecule has 1 aliphatic rings. The molecule has 73 heavy (non-hydrogen) atoms. The molecule has 0 bridgehead atoms. The molecule has 0 atom stereocenters. The average molecular weight is 963 g/mol. The highest BCUT2D eigenvalue weighted by molar-refractivity contribution is 6.09. The van der Waals surface area contributed by atoms with Gasteiger partial charge in [0, 0.05) is 45.9 Å². The number of ether oxygens (including phenoxy) is 1. The Balaban J connectivity index is 1.09. The number of fused-ring (bicyclic) bond motifs is 4. The fraction of sp³-hybridized carbons (Fsp3) is 0.197. The predicted molar refractivity (Wildman–Crippen MR) is 299 cm³/mol. The molecule has 0 amide bonds. The standard InChI is InChI=1S/C66H60F2N4O/c1-64(2,3)46-31-32-69-62(38-46)72-58-18-11-10-15-56(58)57-30-29-52(40-61(57)72)73-53-36-45(44-33-47(65(4,5)6)37-48(34-44)66(7,8)9)35-51(39-53)70-41-71(60-20-13-12-19-59(60)70)63-54(42-21-25-49(67)26-22-42)16-14-17-55(63)43-23-27-50(68)28-24-43/h10-40H,41H2,1-9H3. The van der Waals surface area contributed by atoms with Gasteiger partial charge in [0.15, 0.2) is 0 Å². The normalized spacial score (nSPS) is 13.0. The minimum absolute atomic E-state index is 0.0583. The number of pyridine rings is 1. The molecule has 3 heterocycles. The summed E-state index contributed by atoms with van der Waals surface area (Å²) >= 11 is 0. The van der Waals surface area contributed by atoms with Gasteiger partial charge in [-0.15, -0.1) is 0 Å². The third-order valence-corrected chi connectivity index (χ3v) is 14.3. The number of aromatic nitrogens is 2. The Morgan fingerprint density at radius 2 is 1.00 bits per heavy atom. The van der Waals surface area contributed by atoms with E-state index in [0.29, 0.717) is 18.2 Å². The van der Waals surface area contributed by atoms with Gasteiger partial charge in [0.1, 0.15) is 35.6 Å². The van der Waals surface area contributed by atoms with Crippen LogP contribution in [0.2, 0.25) is 0 Å². The lowest BCUT2D eigenvalue weighted by Crippen LogP contribution is -2.25. The van der Waals surface area contributed by atoms with E-state index < -0.39 is 0 Å². The first-order valence-electron chi connectivity index (χ1n) is 25.2. The van der Waals surface area contributed by atoms with Crippen molar-refractivity contribution in [1.82, 2.24) is 9.55 Å².